The third-order valence-electron chi connectivity index (χ3n) is 3.88. The number of carbonyl (C=O) groups excluding carboxylic acids is 2. The monoisotopic (exact) mass is 407 g/mol. The lowest BCUT2D eigenvalue weighted by Gasteiger charge is -2.21. The van der Waals surface area contributed by atoms with Crippen molar-refractivity contribution in [2.75, 3.05) is 19.7 Å². The number of aromatic nitrogens is 1. The highest BCUT2D eigenvalue weighted by Gasteiger charge is 2.29. The average Bonchev–Trinajstić information content (AvgIpc) is 2.70. The lowest BCUT2D eigenvalue weighted by Crippen LogP contribution is -2.40. The smallest absolute Gasteiger partial charge is 0.395 e. The number of alkyl halides is 3. The van der Waals surface area contributed by atoms with Gasteiger partial charge in [0.05, 0.1) is 31.0 Å². The summed E-state index contributed by atoms with van der Waals surface area (Å²) >= 11 is 0. The molecule has 0 radical (unpaired) electrons. The fraction of sp³-hybridized carbons (Fsp3) is 0.250. The van der Waals surface area contributed by atoms with Gasteiger partial charge in [0, 0.05) is 18.8 Å². The molecule has 2 N–H and O–H groups in total. The van der Waals surface area contributed by atoms with Gasteiger partial charge in [0.2, 0.25) is 11.8 Å². The standard InChI is InChI=1S/C20H20F3N3O3/c21-20(22,23)16-7-4-15(5-8-16)6-9-18(28)25-13-19(29)26(11-12-27)14-17-3-1-2-10-24-17/h1-10,27H,11-14H2,(H,25,28)/b9-6+. The van der Waals surface area contributed by atoms with Crippen LogP contribution in [-0.2, 0) is 22.3 Å². The lowest BCUT2D eigenvalue weighted by atomic mass is 10.1. The van der Waals surface area contributed by atoms with Gasteiger partial charge in [0.15, 0.2) is 0 Å². The molecule has 2 rings (SSSR count). The number of aliphatic hydroxyl groups excluding tert-OH is 1. The van der Waals surface area contributed by atoms with Crippen LogP contribution < -0.4 is 5.32 Å². The van der Waals surface area contributed by atoms with Crippen molar-refractivity contribution in [3.63, 3.8) is 0 Å². The van der Waals surface area contributed by atoms with Gasteiger partial charge in [-0.05, 0) is 35.9 Å². The van der Waals surface area contributed by atoms with Gasteiger partial charge in [-0.15, -0.1) is 0 Å². The molecule has 154 valence electrons. The summed E-state index contributed by atoms with van der Waals surface area (Å²) in [5.74, 6) is -0.971. The zero-order valence-corrected chi connectivity index (χ0v) is 15.4. The molecule has 29 heavy (non-hydrogen) atoms. The average molecular weight is 407 g/mol. The van der Waals surface area contributed by atoms with Crippen LogP contribution in [0.3, 0.4) is 0 Å². The third kappa shape index (κ3) is 7.38. The van der Waals surface area contributed by atoms with Crippen molar-refractivity contribution in [2.24, 2.45) is 0 Å². The minimum Gasteiger partial charge on any atom is -0.395 e. The van der Waals surface area contributed by atoms with E-state index in [0.717, 1.165) is 18.2 Å². The quantitative estimate of drug-likeness (QED) is 0.658. The minimum atomic E-state index is -4.42. The first-order chi connectivity index (χ1) is 13.8. The van der Waals surface area contributed by atoms with Crippen LogP contribution in [-0.4, -0.2) is 46.5 Å². The van der Waals surface area contributed by atoms with Gasteiger partial charge < -0.3 is 15.3 Å². The topological polar surface area (TPSA) is 82.5 Å². The van der Waals surface area contributed by atoms with E-state index in [-0.39, 0.29) is 26.2 Å². The van der Waals surface area contributed by atoms with Crippen molar-refractivity contribution >= 4 is 17.9 Å². The molecule has 1 aromatic carbocycles. The van der Waals surface area contributed by atoms with Crippen LogP contribution in [0, 0.1) is 0 Å². The summed E-state index contributed by atoms with van der Waals surface area (Å²) in [6, 6.07) is 9.59. The van der Waals surface area contributed by atoms with Gasteiger partial charge in [-0.25, -0.2) is 0 Å². The molecule has 0 bridgehead atoms. The first-order valence-corrected chi connectivity index (χ1v) is 8.71. The van der Waals surface area contributed by atoms with Crippen LogP contribution in [0.25, 0.3) is 6.08 Å². The SMILES string of the molecule is O=C(/C=C/c1ccc(C(F)(F)F)cc1)NCC(=O)N(CCO)Cc1ccccn1. The van der Waals surface area contributed by atoms with Crippen molar-refractivity contribution in [3.05, 3.63) is 71.6 Å². The van der Waals surface area contributed by atoms with Crippen LogP contribution >= 0.6 is 0 Å². The molecule has 0 aliphatic rings. The highest BCUT2D eigenvalue weighted by atomic mass is 19.4. The molecular weight excluding hydrogens is 387 g/mol. The van der Waals surface area contributed by atoms with Crippen LogP contribution in [0.1, 0.15) is 16.8 Å². The van der Waals surface area contributed by atoms with E-state index in [1.165, 1.54) is 23.1 Å². The zero-order valence-electron chi connectivity index (χ0n) is 15.4. The molecule has 0 saturated carbocycles. The normalized spacial score (nSPS) is 11.4. The fourth-order valence-electron chi connectivity index (χ4n) is 2.39. The summed E-state index contributed by atoms with van der Waals surface area (Å²) in [6.07, 6.45) is -0.356. The molecule has 6 nitrogen and oxygen atoms in total. The van der Waals surface area contributed by atoms with E-state index in [4.69, 9.17) is 5.11 Å². The largest absolute Gasteiger partial charge is 0.416 e. The molecular formula is C20H20F3N3O3. The van der Waals surface area contributed by atoms with E-state index in [2.05, 4.69) is 10.3 Å². The number of rotatable bonds is 8. The van der Waals surface area contributed by atoms with Crippen LogP contribution in [0.2, 0.25) is 0 Å². The van der Waals surface area contributed by atoms with Gasteiger partial charge in [-0.2, -0.15) is 13.2 Å². The van der Waals surface area contributed by atoms with Gasteiger partial charge in [-0.3, -0.25) is 14.6 Å². The highest BCUT2D eigenvalue weighted by Crippen LogP contribution is 2.29. The number of nitrogens with one attached hydrogen (secondary N) is 1. The minimum absolute atomic E-state index is 0.0900. The summed E-state index contributed by atoms with van der Waals surface area (Å²) < 4.78 is 37.6. The second-order valence-electron chi connectivity index (χ2n) is 6.03. The van der Waals surface area contributed by atoms with Gasteiger partial charge >= 0.3 is 6.18 Å². The molecule has 2 amide bonds. The molecule has 0 saturated heterocycles. The Kier molecular flexibility index (Phi) is 7.90. The van der Waals surface area contributed by atoms with Crippen LogP contribution in [0.4, 0.5) is 13.2 Å². The molecule has 0 aliphatic heterocycles. The van der Waals surface area contributed by atoms with Crippen molar-refractivity contribution in [2.45, 2.75) is 12.7 Å². The second-order valence-corrected chi connectivity index (χ2v) is 6.03. The Morgan fingerprint density at radius 3 is 2.45 bits per heavy atom. The predicted octanol–water partition coefficient (Wildman–Crippen LogP) is 2.25. The molecule has 0 unspecified atom stereocenters. The fourth-order valence-corrected chi connectivity index (χ4v) is 2.39. The number of aliphatic hydroxyl groups is 1. The van der Waals surface area contributed by atoms with Gasteiger partial charge in [0.1, 0.15) is 0 Å². The Balaban J connectivity index is 1.87. The maximum atomic E-state index is 12.5. The summed E-state index contributed by atoms with van der Waals surface area (Å²) in [7, 11) is 0. The molecule has 0 atom stereocenters. The number of amides is 2. The van der Waals surface area contributed by atoms with Crippen molar-refractivity contribution in [3.8, 4) is 0 Å². The van der Waals surface area contributed by atoms with Crippen LogP contribution in [0.5, 0.6) is 0 Å². The third-order valence-corrected chi connectivity index (χ3v) is 3.88. The maximum Gasteiger partial charge on any atom is 0.416 e. The van der Waals surface area contributed by atoms with E-state index in [9.17, 15) is 22.8 Å². The number of nitrogens with zero attached hydrogens (tertiary/aromatic N) is 2. The van der Waals surface area contributed by atoms with Gasteiger partial charge in [0.25, 0.3) is 0 Å². The number of benzene rings is 1. The zero-order chi connectivity index (χ0) is 21.3. The second kappa shape index (κ2) is 10.4. The molecule has 0 aliphatic carbocycles. The van der Waals surface area contributed by atoms with Crippen molar-refractivity contribution < 1.29 is 27.9 Å². The molecule has 1 aromatic heterocycles. The molecule has 2 aromatic rings. The van der Waals surface area contributed by atoms with E-state index in [1.807, 2.05) is 0 Å². The number of hydrogen-bond acceptors (Lipinski definition) is 4. The number of halogens is 3. The summed E-state index contributed by atoms with van der Waals surface area (Å²) in [4.78, 5) is 29.6. The molecule has 1 heterocycles. The maximum absolute atomic E-state index is 12.5. The van der Waals surface area contributed by atoms with E-state index in [0.29, 0.717) is 11.3 Å². The number of pyridine rings is 1. The van der Waals surface area contributed by atoms with E-state index in [1.54, 1.807) is 24.4 Å². The summed E-state index contributed by atoms with van der Waals surface area (Å²) in [5.41, 5.74) is 0.279. The molecule has 0 spiro atoms. The Hall–Kier alpha value is -3.20. The number of hydrogen-bond donors (Lipinski definition) is 2. The van der Waals surface area contributed by atoms with Crippen molar-refractivity contribution in [1.82, 2.24) is 15.2 Å². The number of carbonyl (C=O) groups is 2. The van der Waals surface area contributed by atoms with Crippen molar-refractivity contribution in [1.29, 1.82) is 0 Å². The first kappa shape index (κ1) is 22.1. The first-order valence-electron chi connectivity index (χ1n) is 8.71. The van der Waals surface area contributed by atoms with Crippen LogP contribution in [0.15, 0.2) is 54.7 Å². The summed E-state index contributed by atoms with van der Waals surface area (Å²) in [5, 5.41) is 11.6. The Bertz CT molecular complexity index is 838. The predicted molar refractivity (Wildman–Crippen MR) is 100 cm³/mol. The Morgan fingerprint density at radius 2 is 1.86 bits per heavy atom. The van der Waals surface area contributed by atoms with E-state index >= 15 is 0 Å². The molecule has 0 fully saturated rings. The lowest BCUT2D eigenvalue weighted by molar-refractivity contribution is -0.137. The van der Waals surface area contributed by atoms with E-state index < -0.39 is 23.6 Å². The Morgan fingerprint density at radius 1 is 1.14 bits per heavy atom. The van der Waals surface area contributed by atoms with Gasteiger partial charge in [-0.1, -0.05) is 18.2 Å². The summed E-state index contributed by atoms with van der Waals surface area (Å²) in [6.45, 7) is -0.243. The Labute approximate surface area is 165 Å². The molecule has 9 heteroatoms. The highest BCUT2D eigenvalue weighted by molar-refractivity contribution is 5.94.